The van der Waals surface area contributed by atoms with Gasteiger partial charge in [0.1, 0.15) is 31.4 Å². The SMILES string of the molecule is CC(C)(C)OC(=O)NC(CCC(=O)OCc1ccccc1)C(=O)NCC(=O)OCc1ccccc1. The first-order valence-corrected chi connectivity index (χ1v) is 11.3. The van der Waals surface area contributed by atoms with Gasteiger partial charge in [-0.1, -0.05) is 60.7 Å². The van der Waals surface area contributed by atoms with Crippen molar-refractivity contribution in [3.63, 3.8) is 0 Å². The second kappa shape index (κ2) is 13.7. The van der Waals surface area contributed by atoms with Crippen molar-refractivity contribution in [3.05, 3.63) is 71.8 Å². The van der Waals surface area contributed by atoms with Gasteiger partial charge in [0.2, 0.25) is 5.91 Å². The minimum Gasteiger partial charge on any atom is -0.461 e. The molecule has 0 spiro atoms. The molecule has 0 saturated carbocycles. The average Bonchev–Trinajstić information content (AvgIpc) is 2.82. The Bertz CT molecular complexity index is 972. The van der Waals surface area contributed by atoms with Crippen molar-refractivity contribution >= 4 is 23.9 Å². The number of ether oxygens (including phenoxy) is 3. The number of hydrogen-bond donors (Lipinski definition) is 2. The summed E-state index contributed by atoms with van der Waals surface area (Å²) >= 11 is 0. The second-order valence-corrected chi connectivity index (χ2v) is 8.75. The molecule has 2 aromatic carbocycles. The molecule has 2 amide bonds. The van der Waals surface area contributed by atoms with Gasteiger partial charge >= 0.3 is 18.0 Å². The Kier molecular flexibility index (Phi) is 10.7. The topological polar surface area (TPSA) is 120 Å². The van der Waals surface area contributed by atoms with Crippen LogP contribution in [0.25, 0.3) is 0 Å². The van der Waals surface area contributed by atoms with E-state index in [1.807, 2.05) is 60.7 Å². The molecule has 2 rings (SSSR count). The van der Waals surface area contributed by atoms with E-state index in [2.05, 4.69) is 10.6 Å². The van der Waals surface area contributed by atoms with Gasteiger partial charge in [0.25, 0.3) is 0 Å². The second-order valence-electron chi connectivity index (χ2n) is 8.75. The van der Waals surface area contributed by atoms with Gasteiger partial charge in [-0.05, 0) is 38.3 Å². The Morgan fingerprint density at radius 2 is 1.31 bits per heavy atom. The van der Waals surface area contributed by atoms with Gasteiger partial charge in [-0.15, -0.1) is 0 Å². The molecule has 1 atom stereocenters. The van der Waals surface area contributed by atoms with E-state index >= 15 is 0 Å². The number of nitrogens with one attached hydrogen (secondary N) is 2. The molecule has 9 heteroatoms. The minimum atomic E-state index is -1.11. The summed E-state index contributed by atoms with van der Waals surface area (Å²) in [5.74, 6) is -1.82. The number of carbonyl (C=O) groups excluding carboxylic acids is 4. The van der Waals surface area contributed by atoms with E-state index in [0.29, 0.717) is 0 Å². The summed E-state index contributed by atoms with van der Waals surface area (Å²) in [6.07, 6.45) is -0.987. The summed E-state index contributed by atoms with van der Waals surface area (Å²) in [5.41, 5.74) is 0.864. The first kappa shape index (κ1) is 27.4. The number of alkyl carbamates (subject to hydrolysis) is 1. The largest absolute Gasteiger partial charge is 0.461 e. The van der Waals surface area contributed by atoms with E-state index in [9.17, 15) is 19.2 Å². The molecule has 0 fully saturated rings. The molecule has 0 radical (unpaired) electrons. The van der Waals surface area contributed by atoms with E-state index in [0.717, 1.165) is 11.1 Å². The van der Waals surface area contributed by atoms with Crippen LogP contribution in [0.4, 0.5) is 4.79 Å². The van der Waals surface area contributed by atoms with Gasteiger partial charge < -0.3 is 24.8 Å². The van der Waals surface area contributed by atoms with Crippen LogP contribution in [0.2, 0.25) is 0 Å². The summed E-state index contributed by atoms with van der Waals surface area (Å²) in [6.45, 7) is 4.84. The molecule has 0 saturated heterocycles. The third kappa shape index (κ3) is 11.7. The summed E-state index contributed by atoms with van der Waals surface area (Å²) in [5, 5.41) is 4.88. The van der Waals surface area contributed by atoms with Crippen molar-refractivity contribution < 1.29 is 33.4 Å². The van der Waals surface area contributed by atoms with E-state index in [-0.39, 0.29) is 26.1 Å². The van der Waals surface area contributed by atoms with Crippen molar-refractivity contribution in [1.29, 1.82) is 0 Å². The lowest BCUT2D eigenvalue weighted by atomic mass is 10.1. The maximum absolute atomic E-state index is 12.7. The highest BCUT2D eigenvalue weighted by Crippen LogP contribution is 2.09. The Balaban J connectivity index is 1.86. The van der Waals surface area contributed by atoms with E-state index in [1.54, 1.807) is 20.8 Å². The zero-order chi connectivity index (χ0) is 25.7. The Morgan fingerprint density at radius 3 is 1.83 bits per heavy atom. The van der Waals surface area contributed by atoms with Crippen LogP contribution < -0.4 is 10.6 Å². The van der Waals surface area contributed by atoms with Crippen LogP contribution in [-0.4, -0.2) is 42.1 Å². The Morgan fingerprint density at radius 1 is 0.800 bits per heavy atom. The summed E-state index contributed by atoms with van der Waals surface area (Å²) < 4.78 is 15.6. The van der Waals surface area contributed by atoms with Crippen molar-refractivity contribution in [2.45, 2.75) is 58.5 Å². The van der Waals surface area contributed by atoms with Gasteiger partial charge in [-0.25, -0.2) is 4.79 Å². The quantitative estimate of drug-likeness (QED) is 0.371. The fourth-order valence-corrected chi connectivity index (χ4v) is 2.86. The highest BCUT2D eigenvalue weighted by molar-refractivity contribution is 5.88. The molecule has 0 aliphatic heterocycles. The third-order valence-electron chi connectivity index (χ3n) is 4.54. The number of rotatable bonds is 11. The number of amides is 2. The summed E-state index contributed by atoms with van der Waals surface area (Å²) in [4.78, 5) is 49.1. The molecule has 0 heterocycles. The molecule has 0 aromatic heterocycles. The van der Waals surface area contributed by atoms with Crippen LogP contribution in [-0.2, 0) is 41.8 Å². The average molecular weight is 485 g/mol. The van der Waals surface area contributed by atoms with Crippen LogP contribution in [0.1, 0.15) is 44.7 Å². The van der Waals surface area contributed by atoms with Gasteiger partial charge in [-0.3, -0.25) is 14.4 Å². The summed E-state index contributed by atoms with van der Waals surface area (Å²) in [7, 11) is 0. The summed E-state index contributed by atoms with van der Waals surface area (Å²) in [6, 6.07) is 17.2. The van der Waals surface area contributed by atoms with Crippen molar-refractivity contribution in [2.75, 3.05) is 6.54 Å². The maximum atomic E-state index is 12.7. The fraction of sp³-hybridized carbons (Fsp3) is 0.385. The molecule has 0 aliphatic rings. The monoisotopic (exact) mass is 484 g/mol. The number of esters is 2. The lowest BCUT2D eigenvalue weighted by molar-refractivity contribution is -0.146. The van der Waals surface area contributed by atoms with Crippen LogP contribution in [0, 0.1) is 0 Å². The van der Waals surface area contributed by atoms with Crippen molar-refractivity contribution in [2.24, 2.45) is 0 Å². The Labute approximate surface area is 205 Å². The van der Waals surface area contributed by atoms with Crippen LogP contribution in [0.15, 0.2) is 60.7 Å². The lowest BCUT2D eigenvalue weighted by Gasteiger charge is -2.23. The molecule has 2 N–H and O–H groups in total. The zero-order valence-corrected chi connectivity index (χ0v) is 20.2. The fourth-order valence-electron chi connectivity index (χ4n) is 2.86. The molecular formula is C26H32N2O7. The normalized spacial score (nSPS) is 11.6. The minimum absolute atomic E-state index is 0.0439. The predicted molar refractivity (Wildman–Crippen MR) is 128 cm³/mol. The van der Waals surface area contributed by atoms with E-state index in [1.165, 1.54) is 0 Å². The van der Waals surface area contributed by atoms with Crippen LogP contribution >= 0.6 is 0 Å². The predicted octanol–water partition coefficient (Wildman–Crippen LogP) is 3.26. The van der Waals surface area contributed by atoms with Crippen molar-refractivity contribution in [3.8, 4) is 0 Å². The standard InChI is InChI=1S/C26H32N2O7/c1-26(2,3)35-25(32)28-21(14-15-22(29)33-17-19-10-6-4-7-11-19)24(31)27-16-23(30)34-18-20-12-8-5-9-13-20/h4-13,21H,14-18H2,1-3H3,(H,27,31)(H,28,32). The first-order chi connectivity index (χ1) is 16.6. The number of benzene rings is 2. The molecule has 2 aromatic rings. The van der Waals surface area contributed by atoms with E-state index < -0.39 is 42.1 Å². The van der Waals surface area contributed by atoms with Crippen molar-refractivity contribution in [1.82, 2.24) is 10.6 Å². The van der Waals surface area contributed by atoms with Gasteiger partial charge in [-0.2, -0.15) is 0 Å². The van der Waals surface area contributed by atoms with Gasteiger partial charge in [0, 0.05) is 6.42 Å². The zero-order valence-electron chi connectivity index (χ0n) is 20.2. The molecule has 0 aliphatic carbocycles. The molecule has 188 valence electrons. The van der Waals surface area contributed by atoms with Gasteiger partial charge in [0.05, 0.1) is 0 Å². The first-order valence-electron chi connectivity index (χ1n) is 11.3. The van der Waals surface area contributed by atoms with Crippen LogP contribution in [0.3, 0.4) is 0 Å². The molecule has 9 nitrogen and oxygen atoms in total. The molecule has 1 unspecified atom stereocenters. The van der Waals surface area contributed by atoms with Crippen LogP contribution in [0.5, 0.6) is 0 Å². The highest BCUT2D eigenvalue weighted by atomic mass is 16.6. The smallest absolute Gasteiger partial charge is 0.408 e. The Hall–Kier alpha value is -3.88. The third-order valence-corrected chi connectivity index (χ3v) is 4.54. The molecule has 35 heavy (non-hydrogen) atoms. The van der Waals surface area contributed by atoms with E-state index in [4.69, 9.17) is 14.2 Å². The van der Waals surface area contributed by atoms with Gasteiger partial charge in [0.15, 0.2) is 0 Å². The molecule has 0 bridgehead atoms. The number of carbonyl (C=O) groups is 4. The lowest BCUT2D eigenvalue weighted by Crippen LogP contribution is -2.49. The maximum Gasteiger partial charge on any atom is 0.408 e. The highest BCUT2D eigenvalue weighted by Gasteiger charge is 2.25. The number of hydrogen-bond acceptors (Lipinski definition) is 7. The molecular weight excluding hydrogens is 452 g/mol.